The maximum Gasteiger partial charge on any atom is 0.317 e. The molecule has 0 aliphatic carbocycles. The summed E-state index contributed by atoms with van der Waals surface area (Å²) < 4.78 is 5.65. The predicted octanol–water partition coefficient (Wildman–Crippen LogP) is 2.27. The fourth-order valence-electron chi connectivity index (χ4n) is 2.49. The molecule has 1 aliphatic heterocycles. The van der Waals surface area contributed by atoms with Crippen molar-refractivity contribution in [2.24, 2.45) is 5.41 Å². The number of hydrogen-bond donors (Lipinski definition) is 2. The minimum absolute atomic E-state index is 0.227. The largest absolute Gasteiger partial charge is 0.481 e. The molecule has 0 spiro atoms. The fourth-order valence-corrected chi connectivity index (χ4v) is 2.49. The normalized spacial score (nSPS) is 20.8. The van der Waals surface area contributed by atoms with E-state index >= 15 is 0 Å². The maximum absolute atomic E-state index is 12.2. The molecule has 7 heteroatoms. The molecular weight excluding hydrogens is 310 g/mol. The van der Waals surface area contributed by atoms with E-state index in [4.69, 9.17) is 4.74 Å². The molecule has 0 bridgehead atoms. The molecule has 0 saturated carbocycles. The highest BCUT2D eigenvalue weighted by Crippen LogP contribution is 2.30. The third-order valence-corrected chi connectivity index (χ3v) is 3.93. The van der Waals surface area contributed by atoms with Crippen LogP contribution in [0.5, 0.6) is 5.88 Å². The number of carbonyl (C=O) groups excluding carboxylic acids is 1. The summed E-state index contributed by atoms with van der Waals surface area (Å²) in [6.45, 7) is 8.52. The van der Waals surface area contributed by atoms with Gasteiger partial charge in [-0.1, -0.05) is 6.07 Å². The summed E-state index contributed by atoms with van der Waals surface area (Å²) in [5.74, 6) is -0.328. The minimum Gasteiger partial charge on any atom is -0.481 e. The monoisotopic (exact) mass is 335 g/mol. The number of aromatic nitrogens is 1. The highest BCUT2D eigenvalue weighted by atomic mass is 16.5. The van der Waals surface area contributed by atoms with Crippen molar-refractivity contribution in [3.05, 3.63) is 23.9 Å². The summed E-state index contributed by atoms with van der Waals surface area (Å²) in [4.78, 5) is 29.1. The second-order valence-electron chi connectivity index (χ2n) is 7.42. The summed E-state index contributed by atoms with van der Waals surface area (Å²) >= 11 is 0. The van der Waals surface area contributed by atoms with Crippen LogP contribution in [0.1, 0.15) is 39.7 Å². The van der Waals surface area contributed by atoms with Gasteiger partial charge in [0.15, 0.2) is 0 Å². The van der Waals surface area contributed by atoms with Gasteiger partial charge in [-0.05, 0) is 39.7 Å². The Morgan fingerprint density at radius 1 is 1.42 bits per heavy atom. The zero-order valence-corrected chi connectivity index (χ0v) is 14.6. The van der Waals surface area contributed by atoms with Crippen molar-refractivity contribution in [2.45, 2.75) is 46.3 Å². The number of nitrogens with zero attached hydrogens (tertiary/aromatic N) is 2. The highest BCUT2D eigenvalue weighted by Gasteiger charge is 2.42. The molecule has 0 aromatic carbocycles. The van der Waals surface area contributed by atoms with Crippen molar-refractivity contribution in [2.75, 3.05) is 13.1 Å². The Morgan fingerprint density at radius 2 is 2.12 bits per heavy atom. The fraction of sp³-hybridized carbons (Fsp3) is 0.588. The number of pyridine rings is 1. The van der Waals surface area contributed by atoms with Gasteiger partial charge in [0.05, 0.1) is 5.41 Å². The second-order valence-corrected chi connectivity index (χ2v) is 7.42. The van der Waals surface area contributed by atoms with Crippen LogP contribution >= 0.6 is 0 Å². The van der Waals surface area contributed by atoms with Crippen molar-refractivity contribution < 1.29 is 19.4 Å². The zero-order chi connectivity index (χ0) is 18.0. The lowest BCUT2D eigenvalue weighted by atomic mass is 9.90. The number of nitrogens with one attached hydrogen (secondary N) is 1. The summed E-state index contributed by atoms with van der Waals surface area (Å²) in [6, 6.07) is 3.36. The van der Waals surface area contributed by atoms with Crippen LogP contribution in [0.25, 0.3) is 0 Å². The van der Waals surface area contributed by atoms with Crippen LogP contribution < -0.4 is 10.1 Å². The van der Waals surface area contributed by atoms with E-state index < -0.39 is 11.4 Å². The van der Waals surface area contributed by atoms with Gasteiger partial charge in [0.25, 0.3) is 0 Å². The maximum atomic E-state index is 12.2. The Morgan fingerprint density at radius 3 is 2.62 bits per heavy atom. The first-order valence-electron chi connectivity index (χ1n) is 7.99. The number of amides is 2. The van der Waals surface area contributed by atoms with Gasteiger partial charge < -0.3 is 20.1 Å². The molecule has 1 aliphatic rings. The van der Waals surface area contributed by atoms with Crippen molar-refractivity contribution in [3.8, 4) is 5.88 Å². The van der Waals surface area contributed by atoms with Crippen LogP contribution in [0, 0.1) is 5.41 Å². The number of urea groups is 1. The van der Waals surface area contributed by atoms with E-state index in [-0.39, 0.29) is 18.2 Å². The molecule has 7 nitrogen and oxygen atoms in total. The average Bonchev–Trinajstić information content (AvgIpc) is 2.89. The van der Waals surface area contributed by atoms with Crippen LogP contribution in [0.4, 0.5) is 4.79 Å². The quantitative estimate of drug-likeness (QED) is 0.880. The van der Waals surface area contributed by atoms with Crippen LogP contribution in [-0.4, -0.2) is 45.7 Å². The summed E-state index contributed by atoms with van der Waals surface area (Å²) in [6.07, 6.45) is 2.13. The van der Waals surface area contributed by atoms with Gasteiger partial charge >= 0.3 is 12.0 Å². The Bertz CT molecular complexity index is 609. The van der Waals surface area contributed by atoms with Gasteiger partial charge in [-0.2, -0.15) is 0 Å². The van der Waals surface area contributed by atoms with E-state index in [1.54, 1.807) is 24.1 Å². The number of ether oxygens (including phenoxy) is 1. The molecule has 2 rings (SSSR count). The number of carboxylic acids is 1. The van der Waals surface area contributed by atoms with Crippen molar-refractivity contribution in [1.29, 1.82) is 0 Å². The van der Waals surface area contributed by atoms with Gasteiger partial charge in [-0.3, -0.25) is 4.79 Å². The van der Waals surface area contributed by atoms with Gasteiger partial charge in [0.2, 0.25) is 5.88 Å². The predicted molar refractivity (Wildman–Crippen MR) is 88.8 cm³/mol. The number of carbonyl (C=O) groups is 2. The average molecular weight is 335 g/mol. The molecule has 2 N–H and O–H groups in total. The number of hydrogen-bond acceptors (Lipinski definition) is 4. The van der Waals surface area contributed by atoms with E-state index in [1.165, 1.54) is 0 Å². The summed E-state index contributed by atoms with van der Waals surface area (Å²) in [5.41, 5.74) is -0.315. The molecule has 24 heavy (non-hydrogen) atoms. The molecule has 2 amide bonds. The number of carboxylic acid groups (broad SMARTS) is 1. The van der Waals surface area contributed by atoms with Crippen LogP contribution in [0.2, 0.25) is 0 Å². The number of rotatable bonds is 4. The lowest BCUT2D eigenvalue weighted by molar-refractivity contribution is -0.147. The molecule has 2 heterocycles. The molecule has 1 aromatic heterocycles. The molecule has 1 aromatic rings. The van der Waals surface area contributed by atoms with Crippen LogP contribution in [0.3, 0.4) is 0 Å². The van der Waals surface area contributed by atoms with E-state index in [0.717, 1.165) is 5.56 Å². The summed E-state index contributed by atoms with van der Waals surface area (Å²) in [7, 11) is 0. The molecule has 132 valence electrons. The van der Waals surface area contributed by atoms with Crippen molar-refractivity contribution in [1.82, 2.24) is 15.2 Å². The standard InChI is InChI=1S/C17H25N3O4/c1-16(2,3)24-13-6-5-12(9-18-13)10-19-15(23)20-8-7-17(4,11-20)14(21)22/h5-6,9H,7-8,10-11H2,1-4H3,(H,19,23)(H,21,22). The van der Waals surface area contributed by atoms with E-state index in [1.807, 2.05) is 26.8 Å². The van der Waals surface area contributed by atoms with Gasteiger partial charge in [0, 0.05) is 31.9 Å². The molecule has 1 saturated heterocycles. The van der Waals surface area contributed by atoms with E-state index in [9.17, 15) is 14.7 Å². The van der Waals surface area contributed by atoms with E-state index in [2.05, 4.69) is 10.3 Å². The zero-order valence-electron chi connectivity index (χ0n) is 14.6. The molecule has 0 radical (unpaired) electrons. The Hall–Kier alpha value is -2.31. The third kappa shape index (κ3) is 4.59. The molecule has 1 atom stereocenters. The van der Waals surface area contributed by atoms with Crippen LogP contribution in [-0.2, 0) is 11.3 Å². The third-order valence-electron chi connectivity index (χ3n) is 3.93. The first-order valence-corrected chi connectivity index (χ1v) is 7.99. The lowest BCUT2D eigenvalue weighted by Crippen LogP contribution is -2.40. The molecule has 1 fully saturated rings. The first kappa shape index (κ1) is 18.0. The number of likely N-dealkylation sites (tertiary alicyclic amines) is 1. The van der Waals surface area contributed by atoms with Crippen molar-refractivity contribution >= 4 is 12.0 Å². The van der Waals surface area contributed by atoms with E-state index in [0.29, 0.717) is 25.4 Å². The summed E-state index contributed by atoms with van der Waals surface area (Å²) in [5, 5.41) is 12.0. The van der Waals surface area contributed by atoms with Crippen LogP contribution in [0.15, 0.2) is 18.3 Å². The topological polar surface area (TPSA) is 91.8 Å². The Kier molecular flexibility index (Phi) is 5.01. The Labute approximate surface area is 142 Å². The second kappa shape index (κ2) is 6.67. The SMILES string of the molecule is CC(C)(C)Oc1ccc(CNC(=O)N2CCC(C)(C(=O)O)C2)cn1. The Balaban J connectivity index is 1.85. The first-order chi connectivity index (χ1) is 11.1. The van der Waals surface area contributed by atoms with Crippen molar-refractivity contribution in [3.63, 3.8) is 0 Å². The minimum atomic E-state index is -0.864. The van der Waals surface area contributed by atoms with Gasteiger partial charge in [-0.25, -0.2) is 9.78 Å². The lowest BCUT2D eigenvalue weighted by Gasteiger charge is -2.21. The highest BCUT2D eigenvalue weighted by molar-refractivity contribution is 5.79. The number of aliphatic carboxylic acids is 1. The van der Waals surface area contributed by atoms with Gasteiger partial charge in [-0.15, -0.1) is 0 Å². The molecule has 1 unspecified atom stereocenters. The van der Waals surface area contributed by atoms with Gasteiger partial charge in [0.1, 0.15) is 5.60 Å². The smallest absolute Gasteiger partial charge is 0.317 e. The molecular formula is C17H25N3O4.